The highest BCUT2D eigenvalue weighted by molar-refractivity contribution is 7.93. The van der Waals surface area contributed by atoms with E-state index in [1.807, 2.05) is 0 Å². The number of sulfonamides is 1. The number of amides is 3. The molecule has 3 aromatic rings. The minimum absolute atomic E-state index is 0.0302. The normalized spacial score (nSPS) is 20.4. The molecular weight excluding hydrogens is 648 g/mol. The molecule has 1 aromatic heterocycles. The number of nitrogens with one attached hydrogen (secondary N) is 1. The van der Waals surface area contributed by atoms with Crippen LogP contribution < -0.4 is 23.8 Å². The molecule has 0 radical (unpaired) electrons. The molecule has 0 aliphatic carbocycles. The third-order valence-corrected chi connectivity index (χ3v) is 11.8. The van der Waals surface area contributed by atoms with Crippen LogP contribution in [0.5, 0.6) is 17.4 Å². The number of hydrogen-bond acceptors (Lipinski definition) is 10. The van der Waals surface area contributed by atoms with Crippen molar-refractivity contribution in [1.29, 1.82) is 5.26 Å². The molecule has 258 valence electrons. The van der Waals surface area contributed by atoms with E-state index in [0.717, 1.165) is 38.8 Å². The average molecular weight is 689 g/mol. The van der Waals surface area contributed by atoms with Gasteiger partial charge in [0.25, 0.3) is 15.9 Å². The molecule has 49 heavy (non-hydrogen) atoms. The van der Waals surface area contributed by atoms with E-state index in [2.05, 4.69) is 28.3 Å². The average Bonchev–Trinajstić information content (AvgIpc) is 3.37. The second kappa shape index (κ2) is 13.2. The zero-order chi connectivity index (χ0) is 35.0. The summed E-state index contributed by atoms with van der Waals surface area (Å²) < 4.78 is 46.4. The summed E-state index contributed by atoms with van der Waals surface area (Å²) >= 11 is 0. The highest BCUT2D eigenvalue weighted by Crippen LogP contribution is 2.50. The Labute approximate surface area is 286 Å². The summed E-state index contributed by atoms with van der Waals surface area (Å²) in [6.07, 6.45) is 5.23. The lowest BCUT2D eigenvalue weighted by molar-refractivity contribution is -0.121. The summed E-state index contributed by atoms with van der Waals surface area (Å²) in [5.41, 5.74) is -1.61. The molecule has 1 spiro atoms. The molecular formula is C35H40N6O7S. The summed E-state index contributed by atoms with van der Waals surface area (Å²) in [4.78, 5) is 37.6. The number of ether oxygens (including phenoxy) is 3. The molecule has 3 aliphatic rings. The van der Waals surface area contributed by atoms with Gasteiger partial charge in [-0.3, -0.25) is 4.79 Å². The number of methoxy groups -OCH3 is 2. The van der Waals surface area contributed by atoms with Gasteiger partial charge in [-0.05, 0) is 101 Å². The first-order valence-corrected chi connectivity index (χ1v) is 17.7. The third kappa shape index (κ3) is 5.80. The zero-order valence-electron chi connectivity index (χ0n) is 28.1. The quantitative estimate of drug-likeness (QED) is 0.369. The molecule has 2 aromatic carbocycles. The fourth-order valence-corrected chi connectivity index (χ4v) is 8.78. The van der Waals surface area contributed by atoms with Crippen molar-refractivity contribution in [2.75, 3.05) is 58.4 Å². The molecule has 1 N–H and O–H groups in total. The number of carbonyl (C=O) groups excluding carboxylic acids is 2. The van der Waals surface area contributed by atoms with Crippen molar-refractivity contribution in [1.82, 2.24) is 20.1 Å². The van der Waals surface area contributed by atoms with Crippen LogP contribution >= 0.6 is 0 Å². The second-order valence-electron chi connectivity index (χ2n) is 12.7. The van der Waals surface area contributed by atoms with Crippen LogP contribution in [0.4, 0.5) is 10.5 Å². The van der Waals surface area contributed by atoms with Gasteiger partial charge in [0.1, 0.15) is 16.4 Å². The fourth-order valence-electron chi connectivity index (χ4n) is 7.18. The molecule has 0 unspecified atom stereocenters. The zero-order valence-corrected chi connectivity index (χ0v) is 28.9. The number of fused-ring (bicyclic) bond motifs is 1. The Balaban J connectivity index is 1.49. The monoisotopic (exact) mass is 688 g/mol. The molecule has 3 amide bonds. The molecule has 2 fully saturated rings. The molecule has 4 heterocycles. The van der Waals surface area contributed by atoms with Gasteiger partial charge >= 0.3 is 6.03 Å². The Morgan fingerprint density at radius 1 is 1.00 bits per heavy atom. The van der Waals surface area contributed by atoms with E-state index in [9.17, 15) is 18.5 Å². The Bertz CT molecular complexity index is 1910. The van der Waals surface area contributed by atoms with Crippen LogP contribution in [0.3, 0.4) is 0 Å². The number of aromatic nitrogens is 1. The smallest absolute Gasteiger partial charge is 0.318 e. The van der Waals surface area contributed by atoms with Gasteiger partial charge in [0.05, 0.1) is 43.7 Å². The number of likely N-dealkylation sites (tertiary alicyclic amines) is 2. The van der Waals surface area contributed by atoms with Crippen molar-refractivity contribution in [2.24, 2.45) is 5.41 Å². The van der Waals surface area contributed by atoms with E-state index >= 15 is 4.79 Å². The predicted molar refractivity (Wildman–Crippen MR) is 180 cm³/mol. The van der Waals surface area contributed by atoms with Gasteiger partial charge in [0.2, 0.25) is 5.88 Å². The summed E-state index contributed by atoms with van der Waals surface area (Å²) in [6, 6.07) is 13.1. The van der Waals surface area contributed by atoms with Gasteiger partial charge in [-0.2, -0.15) is 9.57 Å². The van der Waals surface area contributed by atoms with E-state index in [0.29, 0.717) is 23.1 Å². The molecule has 0 bridgehead atoms. The van der Waals surface area contributed by atoms with E-state index in [1.54, 1.807) is 24.0 Å². The first-order valence-electron chi connectivity index (χ1n) is 16.2. The first kappa shape index (κ1) is 34.0. The van der Waals surface area contributed by atoms with Crippen LogP contribution in [-0.4, -0.2) is 89.2 Å². The van der Waals surface area contributed by atoms with E-state index in [4.69, 9.17) is 14.2 Å². The van der Waals surface area contributed by atoms with Gasteiger partial charge in [-0.1, -0.05) is 0 Å². The molecule has 1 atom stereocenters. The Hall–Kier alpha value is -4.87. The number of anilines is 1. The number of carbonyl (C=O) groups is 2. The van der Waals surface area contributed by atoms with Crippen LogP contribution in [0.1, 0.15) is 49.3 Å². The summed E-state index contributed by atoms with van der Waals surface area (Å²) in [5.74, 6) is -0.639. The molecule has 3 aliphatic heterocycles. The largest absolute Gasteiger partial charge is 0.497 e. The number of nitriles is 1. The molecule has 13 nitrogen and oxygen atoms in total. The van der Waals surface area contributed by atoms with Crippen LogP contribution in [0.25, 0.3) is 0 Å². The maximum Gasteiger partial charge on any atom is 0.318 e. The number of pyridine rings is 1. The maximum absolute atomic E-state index is 15.2. The number of urea groups is 1. The maximum atomic E-state index is 15.2. The highest BCUT2D eigenvalue weighted by atomic mass is 32.2. The number of piperidine rings is 2. The number of nitrogens with zero attached hydrogens (tertiary/aromatic N) is 5. The second-order valence-corrected chi connectivity index (χ2v) is 14.4. The summed E-state index contributed by atoms with van der Waals surface area (Å²) in [6.45, 7) is 4.89. The van der Waals surface area contributed by atoms with Crippen LogP contribution in [0.2, 0.25) is 0 Å². The third-order valence-electron chi connectivity index (χ3n) is 10.1. The van der Waals surface area contributed by atoms with Crippen molar-refractivity contribution in [2.45, 2.75) is 43.0 Å². The van der Waals surface area contributed by atoms with E-state index in [-0.39, 0.29) is 50.9 Å². The number of benzene rings is 2. The molecule has 6 rings (SSSR count). The fraction of sp³-hybridized carbons (Fsp3) is 0.429. The van der Waals surface area contributed by atoms with Crippen molar-refractivity contribution in [3.63, 3.8) is 0 Å². The topological polar surface area (TPSA) is 154 Å². The number of hydrogen-bond donors (Lipinski definition) is 1. The van der Waals surface area contributed by atoms with E-state index < -0.39 is 27.5 Å². The first-order chi connectivity index (χ1) is 23.5. The Morgan fingerprint density at radius 2 is 1.71 bits per heavy atom. The van der Waals surface area contributed by atoms with E-state index in [1.165, 1.54) is 56.8 Å². The standard InChI is InChI=1S/C35H40N6O7S/c1-5-48-31-26(7-6-16-37-31)35(38-33(43)40-19-14-34(15-20-40)12-17-39(2)18-13-34)27-21-24(23-36)8-10-28(27)41(32(35)42)49(44,45)30-11-9-25(46-3)22-29(30)47-4/h6-11,16,21-22H,5,12-15,17-20H2,1-4H3,(H,38,43)/t35-/m1/s1. The molecule has 14 heteroatoms. The van der Waals surface area contributed by atoms with Gasteiger partial charge in [0, 0.05) is 30.9 Å². The molecule has 2 saturated heterocycles. The van der Waals surface area contributed by atoms with Crippen molar-refractivity contribution in [3.8, 4) is 23.4 Å². The van der Waals surface area contributed by atoms with Crippen LogP contribution in [0, 0.1) is 16.7 Å². The minimum atomic E-state index is -4.69. The van der Waals surface area contributed by atoms with Crippen molar-refractivity contribution < 1.29 is 32.2 Å². The summed E-state index contributed by atoms with van der Waals surface area (Å²) in [7, 11) is 0.183. The number of rotatable bonds is 8. The van der Waals surface area contributed by atoms with Crippen molar-refractivity contribution in [3.05, 3.63) is 71.4 Å². The highest BCUT2D eigenvalue weighted by Gasteiger charge is 2.59. The van der Waals surface area contributed by atoms with Gasteiger partial charge < -0.3 is 29.3 Å². The predicted octanol–water partition coefficient (Wildman–Crippen LogP) is 3.87. The SMILES string of the molecule is CCOc1ncccc1[C@]1(NC(=O)N2CCC3(CCN(C)CC3)CC2)C(=O)N(S(=O)(=O)c2ccc(OC)cc2OC)c2ccc(C#N)cc21. The van der Waals surface area contributed by atoms with Crippen molar-refractivity contribution >= 4 is 27.6 Å². The van der Waals surface area contributed by atoms with Gasteiger partial charge in [-0.15, -0.1) is 0 Å². The minimum Gasteiger partial charge on any atom is -0.497 e. The lowest BCUT2D eigenvalue weighted by Crippen LogP contribution is -2.59. The lowest BCUT2D eigenvalue weighted by atomic mass is 9.71. The lowest BCUT2D eigenvalue weighted by Gasteiger charge is -2.46. The van der Waals surface area contributed by atoms with Gasteiger partial charge in [0.15, 0.2) is 5.54 Å². The van der Waals surface area contributed by atoms with Crippen LogP contribution in [0.15, 0.2) is 59.6 Å². The Kier molecular flexibility index (Phi) is 9.17. The van der Waals surface area contributed by atoms with Crippen LogP contribution in [-0.2, 0) is 20.4 Å². The Morgan fingerprint density at radius 3 is 2.37 bits per heavy atom. The van der Waals surface area contributed by atoms with Gasteiger partial charge in [-0.25, -0.2) is 18.2 Å². The molecule has 0 saturated carbocycles. The summed E-state index contributed by atoms with van der Waals surface area (Å²) in [5, 5.41) is 12.9.